The SMILES string of the molecule is O=C(Nc1ccc(F)c(-n2cc3cc(N4CC5(CC5)C4)cnc3n2)c1)C1CC1F. The van der Waals surface area contributed by atoms with Crippen LogP contribution in [0.25, 0.3) is 16.7 Å². The van der Waals surface area contributed by atoms with Gasteiger partial charge in [0.05, 0.1) is 17.8 Å². The van der Waals surface area contributed by atoms with Crippen molar-refractivity contribution in [3.8, 4) is 5.69 Å². The van der Waals surface area contributed by atoms with Crippen LogP contribution in [-0.2, 0) is 4.79 Å². The van der Waals surface area contributed by atoms with Gasteiger partial charge in [0.1, 0.15) is 17.7 Å². The fourth-order valence-corrected chi connectivity index (χ4v) is 4.08. The van der Waals surface area contributed by atoms with Crippen LogP contribution in [0.15, 0.2) is 36.7 Å². The first-order valence-corrected chi connectivity index (χ1v) is 9.85. The van der Waals surface area contributed by atoms with Crippen molar-refractivity contribution in [2.24, 2.45) is 11.3 Å². The highest BCUT2D eigenvalue weighted by Gasteiger charge is 2.52. The fourth-order valence-electron chi connectivity index (χ4n) is 4.08. The summed E-state index contributed by atoms with van der Waals surface area (Å²) in [4.78, 5) is 18.7. The molecule has 2 aliphatic carbocycles. The Balaban J connectivity index is 1.28. The molecule has 2 aromatic heterocycles. The minimum Gasteiger partial charge on any atom is -0.369 e. The highest BCUT2D eigenvalue weighted by molar-refractivity contribution is 5.95. The van der Waals surface area contributed by atoms with Crippen LogP contribution in [0.2, 0.25) is 0 Å². The Kier molecular flexibility index (Phi) is 3.34. The minimum atomic E-state index is -1.08. The smallest absolute Gasteiger partial charge is 0.230 e. The van der Waals surface area contributed by atoms with Gasteiger partial charge in [0.2, 0.25) is 5.91 Å². The van der Waals surface area contributed by atoms with Crippen molar-refractivity contribution in [3.63, 3.8) is 0 Å². The second-order valence-electron chi connectivity index (χ2n) is 8.55. The Morgan fingerprint density at radius 1 is 1.24 bits per heavy atom. The number of nitrogens with one attached hydrogen (secondary N) is 1. The van der Waals surface area contributed by atoms with E-state index < -0.39 is 17.9 Å². The van der Waals surface area contributed by atoms with Crippen molar-refractivity contribution in [1.82, 2.24) is 14.8 Å². The number of carbonyl (C=O) groups is 1. The first-order chi connectivity index (χ1) is 14.0. The number of aromatic nitrogens is 3. The van der Waals surface area contributed by atoms with Crippen molar-refractivity contribution in [1.29, 1.82) is 0 Å². The number of amides is 1. The van der Waals surface area contributed by atoms with E-state index in [9.17, 15) is 13.6 Å². The number of alkyl halides is 1. The third kappa shape index (κ3) is 2.85. The Hall–Kier alpha value is -3.03. The van der Waals surface area contributed by atoms with Crippen LogP contribution in [-0.4, -0.2) is 39.9 Å². The van der Waals surface area contributed by atoms with Gasteiger partial charge in [-0.25, -0.2) is 18.4 Å². The molecule has 1 aromatic carbocycles. The van der Waals surface area contributed by atoms with E-state index in [0.29, 0.717) is 16.7 Å². The van der Waals surface area contributed by atoms with Crippen molar-refractivity contribution in [2.75, 3.05) is 23.3 Å². The van der Waals surface area contributed by atoms with Gasteiger partial charge in [-0.15, -0.1) is 5.10 Å². The van der Waals surface area contributed by atoms with E-state index >= 15 is 0 Å². The summed E-state index contributed by atoms with van der Waals surface area (Å²) in [5.41, 5.74) is 2.75. The van der Waals surface area contributed by atoms with Gasteiger partial charge < -0.3 is 10.2 Å². The summed E-state index contributed by atoms with van der Waals surface area (Å²) in [6.45, 7) is 2.15. The predicted molar refractivity (Wildman–Crippen MR) is 104 cm³/mol. The number of carbonyl (C=O) groups excluding carboxylic acids is 1. The maximum absolute atomic E-state index is 14.5. The molecule has 2 unspecified atom stereocenters. The van der Waals surface area contributed by atoms with Gasteiger partial charge in [0.15, 0.2) is 5.65 Å². The van der Waals surface area contributed by atoms with Crippen molar-refractivity contribution in [2.45, 2.75) is 25.4 Å². The first-order valence-electron chi connectivity index (χ1n) is 9.85. The fraction of sp³-hybridized carbons (Fsp3) is 0.381. The molecule has 0 bridgehead atoms. The molecule has 3 aliphatic rings. The molecule has 6 rings (SSSR count). The standard InChI is InChI=1S/C21H19F2N5O/c22-16-2-1-13(25-20(29)15-7-17(15)23)6-18(16)28-9-12-5-14(8-24-19(12)26-28)27-10-21(11-27)3-4-21/h1-2,5-6,8-9,15,17H,3-4,7,10-11H2,(H,25,29). The second kappa shape index (κ2) is 5.75. The van der Waals surface area contributed by atoms with Crippen LogP contribution in [0.1, 0.15) is 19.3 Å². The molecule has 3 fully saturated rings. The van der Waals surface area contributed by atoms with E-state index in [1.165, 1.54) is 35.7 Å². The molecule has 3 aromatic rings. The number of pyridine rings is 1. The molecule has 2 saturated carbocycles. The van der Waals surface area contributed by atoms with Gasteiger partial charge in [-0.3, -0.25) is 4.79 Å². The summed E-state index contributed by atoms with van der Waals surface area (Å²) in [6, 6.07) is 6.26. The lowest BCUT2D eigenvalue weighted by Crippen LogP contribution is -2.48. The quantitative estimate of drug-likeness (QED) is 0.735. The van der Waals surface area contributed by atoms with E-state index in [4.69, 9.17) is 0 Å². The minimum absolute atomic E-state index is 0.204. The molecule has 3 heterocycles. The van der Waals surface area contributed by atoms with Crippen LogP contribution in [0.3, 0.4) is 0 Å². The molecule has 6 nitrogen and oxygen atoms in total. The molecular weight excluding hydrogens is 376 g/mol. The van der Waals surface area contributed by atoms with Crippen LogP contribution >= 0.6 is 0 Å². The Labute approximate surface area is 165 Å². The van der Waals surface area contributed by atoms with Gasteiger partial charge >= 0.3 is 0 Å². The molecule has 1 N–H and O–H groups in total. The topological polar surface area (TPSA) is 63.1 Å². The number of fused-ring (bicyclic) bond motifs is 1. The third-order valence-corrected chi connectivity index (χ3v) is 6.23. The van der Waals surface area contributed by atoms with Crippen molar-refractivity contribution >= 4 is 28.3 Å². The van der Waals surface area contributed by atoms with Crippen LogP contribution in [0.5, 0.6) is 0 Å². The summed E-state index contributed by atoms with van der Waals surface area (Å²) >= 11 is 0. The zero-order chi connectivity index (χ0) is 19.8. The molecule has 1 spiro atoms. The highest BCUT2D eigenvalue weighted by Crippen LogP contribution is 2.53. The summed E-state index contributed by atoms with van der Waals surface area (Å²) in [5, 5.41) is 7.86. The second-order valence-corrected chi connectivity index (χ2v) is 8.55. The molecule has 2 atom stereocenters. The molecule has 148 valence electrons. The van der Waals surface area contributed by atoms with Gasteiger partial charge in [0, 0.05) is 35.8 Å². The molecule has 1 aliphatic heterocycles. The summed E-state index contributed by atoms with van der Waals surface area (Å²) in [7, 11) is 0. The maximum Gasteiger partial charge on any atom is 0.230 e. The van der Waals surface area contributed by atoms with Crippen molar-refractivity contribution < 1.29 is 13.6 Å². The maximum atomic E-state index is 14.5. The lowest BCUT2D eigenvalue weighted by atomic mass is 9.96. The van der Waals surface area contributed by atoms with Crippen LogP contribution in [0, 0.1) is 17.2 Å². The van der Waals surface area contributed by atoms with E-state index in [1.54, 1.807) is 6.20 Å². The number of rotatable bonds is 4. The van der Waals surface area contributed by atoms with E-state index in [-0.39, 0.29) is 18.0 Å². The monoisotopic (exact) mass is 395 g/mol. The normalized spacial score (nSPS) is 23.9. The molecule has 0 radical (unpaired) electrons. The zero-order valence-electron chi connectivity index (χ0n) is 15.6. The number of hydrogen-bond donors (Lipinski definition) is 1. The van der Waals surface area contributed by atoms with E-state index in [0.717, 1.165) is 24.2 Å². The van der Waals surface area contributed by atoms with E-state index in [2.05, 4.69) is 20.3 Å². The van der Waals surface area contributed by atoms with Crippen LogP contribution in [0.4, 0.5) is 20.2 Å². The molecule has 29 heavy (non-hydrogen) atoms. The summed E-state index contributed by atoms with van der Waals surface area (Å²) in [5.74, 6) is -1.45. The predicted octanol–water partition coefficient (Wildman–Crippen LogP) is 3.46. The third-order valence-electron chi connectivity index (χ3n) is 6.23. The Bertz CT molecular complexity index is 1150. The highest BCUT2D eigenvalue weighted by atomic mass is 19.1. The van der Waals surface area contributed by atoms with Gasteiger partial charge in [-0.1, -0.05) is 0 Å². The average Bonchev–Trinajstić information content (AvgIpc) is 3.58. The molecule has 8 heteroatoms. The number of nitrogens with zero attached hydrogens (tertiary/aromatic N) is 4. The zero-order valence-corrected chi connectivity index (χ0v) is 15.6. The summed E-state index contributed by atoms with van der Waals surface area (Å²) in [6.07, 6.45) is 5.35. The number of benzene rings is 1. The lowest BCUT2D eigenvalue weighted by molar-refractivity contribution is -0.117. The first kappa shape index (κ1) is 16.9. The molecule has 1 amide bonds. The van der Waals surface area contributed by atoms with Crippen LogP contribution < -0.4 is 10.2 Å². The Morgan fingerprint density at radius 3 is 2.76 bits per heavy atom. The van der Waals surface area contributed by atoms with Crippen molar-refractivity contribution in [3.05, 3.63) is 42.5 Å². The number of halogens is 2. The van der Waals surface area contributed by atoms with Gasteiger partial charge in [-0.05, 0) is 43.5 Å². The van der Waals surface area contributed by atoms with Gasteiger partial charge in [0.25, 0.3) is 0 Å². The number of hydrogen-bond acceptors (Lipinski definition) is 4. The average molecular weight is 395 g/mol. The Morgan fingerprint density at radius 2 is 2.03 bits per heavy atom. The van der Waals surface area contributed by atoms with E-state index in [1.807, 2.05) is 12.3 Å². The summed E-state index contributed by atoms with van der Waals surface area (Å²) < 4.78 is 29.0. The molecule has 1 saturated heterocycles. The number of anilines is 2. The molecular formula is C21H19F2N5O. The lowest BCUT2D eigenvalue weighted by Gasteiger charge is -2.41. The van der Waals surface area contributed by atoms with Gasteiger partial charge in [-0.2, -0.15) is 0 Å². The largest absolute Gasteiger partial charge is 0.369 e.